The Morgan fingerprint density at radius 1 is 1.11 bits per heavy atom. The van der Waals surface area contributed by atoms with Crippen molar-refractivity contribution in [2.75, 3.05) is 6.61 Å². The first kappa shape index (κ1) is 18.4. The zero-order valence-electron chi connectivity index (χ0n) is 16.1. The highest BCUT2D eigenvalue weighted by molar-refractivity contribution is 5.97. The largest absolute Gasteiger partial charge is 0.484 e. The first-order valence-electron chi connectivity index (χ1n) is 9.93. The van der Waals surface area contributed by atoms with Gasteiger partial charge in [-0.15, -0.1) is 0 Å². The minimum absolute atomic E-state index is 0.0265. The summed E-state index contributed by atoms with van der Waals surface area (Å²) >= 11 is 0. The summed E-state index contributed by atoms with van der Waals surface area (Å²) in [6, 6.07) is 12.4. The number of carbonyl (C=O) groups excluding carboxylic acids is 1. The van der Waals surface area contributed by atoms with Crippen molar-refractivity contribution < 1.29 is 9.53 Å². The molecule has 4 rings (SSSR count). The first-order valence-corrected chi connectivity index (χ1v) is 9.93. The molecule has 0 spiro atoms. The second kappa shape index (κ2) is 8.38. The second-order valence-electron chi connectivity index (χ2n) is 7.40. The number of aryl methyl sites for hydroxylation is 1. The van der Waals surface area contributed by atoms with Crippen LogP contribution in [0.5, 0.6) is 5.75 Å². The van der Waals surface area contributed by atoms with Crippen LogP contribution in [-0.2, 0) is 4.79 Å². The van der Waals surface area contributed by atoms with Gasteiger partial charge in [0.2, 0.25) is 0 Å². The zero-order valence-corrected chi connectivity index (χ0v) is 16.1. The molecule has 0 saturated heterocycles. The molecule has 1 aliphatic rings. The number of amides is 1. The van der Waals surface area contributed by atoms with Crippen LogP contribution in [0, 0.1) is 6.92 Å². The SMILES string of the molecule is Cc1ncc(-c2cc(OCC(=O)NC3CCCCC3)cc3ccccc23)cn1. The second-order valence-corrected chi connectivity index (χ2v) is 7.40. The molecular weight excluding hydrogens is 350 g/mol. The highest BCUT2D eigenvalue weighted by atomic mass is 16.5. The molecule has 0 radical (unpaired) electrons. The van der Waals surface area contributed by atoms with Crippen molar-refractivity contribution in [3.8, 4) is 16.9 Å². The molecule has 1 aromatic heterocycles. The average molecular weight is 375 g/mol. The van der Waals surface area contributed by atoms with E-state index < -0.39 is 0 Å². The molecule has 1 amide bonds. The van der Waals surface area contributed by atoms with E-state index in [0.717, 1.165) is 40.6 Å². The number of hydrogen-bond donors (Lipinski definition) is 1. The number of nitrogens with zero attached hydrogens (tertiary/aromatic N) is 2. The number of rotatable bonds is 5. The van der Waals surface area contributed by atoms with Crippen LogP contribution in [0.4, 0.5) is 0 Å². The normalized spacial score (nSPS) is 14.8. The predicted molar refractivity (Wildman–Crippen MR) is 110 cm³/mol. The van der Waals surface area contributed by atoms with E-state index in [0.29, 0.717) is 11.8 Å². The van der Waals surface area contributed by atoms with Crippen molar-refractivity contribution in [3.63, 3.8) is 0 Å². The molecule has 1 fully saturated rings. The molecule has 0 unspecified atom stereocenters. The molecule has 5 heteroatoms. The summed E-state index contributed by atoms with van der Waals surface area (Å²) in [6.45, 7) is 1.89. The van der Waals surface area contributed by atoms with Gasteiger partial charge in [0.05, 0.1) is 0 Å². The smallest absolute Gasteiger partial charge is 0.258 e. The third-order valence-corrected chi connectivity index (χ3v) is 5.27. The van der Waals surface area contributed by atoms with Gasteiger partial charge in [-0.05, 0) is 48.2 Å². The number of carbonyl (C=O) groups is 1. The van der Waals surface area contributed by atoms with Gasteiger partial charge in [0.1, 0.15) is 11.6 Å². The van der Waals surface area contributed by atoms with Gasteiger partial charge in [0, 0.05) is 24.0 Å². The summed E-state index contributed by atoms with van der Waals surface area (Å²) in [4.78, 5) is 20.9. The van der Waals surface area contributed by atoms with Gasteiger partial charge in [-0.25, -0.2) is 9.97 Å². The van der Waals surface area contributed by atoms with Gasteiger partial charge in [-0.2, -0.15) is 0 Å². The van der Waals surface area contributed by atoms with Gasteiger partial charge in [-0.1, -0.05) is 43.5 Å². The van der Waals surface area contributed by atoms with Crippen LogP contribution in [0.2, 0.25) is 0 Å². The summed E-state index contributed by atoms with van der Waals surface area (Å²) in [5, 5.41) is 5.26. The summed E-state index contributed by atoms with van der Waals surface area (Å²) in [5.74, 6) is 1.35. The fraction of sp³-hybridized carbons (Fsp3) is 0.348. The lowest BCUT2D eigenvalue weighted by Gasteiger charge is -2.22. The van der Waals surface area contributed by atoms with Crippen molar-refractivity contribution in [2.45, 2.75) is 45.1 Å². The number of fused-ring (bicyclic) bond motifs is 1. The lowest BCUT2D eigenvalue weighted by atomic mass is 9.95. The predicted octanol–water partition coefficient (Wildman–Crippen LogP) is 4.43. The number of aromatic nitrogens is 2. The molecule has 1 N–H and O–H groups in total. The van der Waals surface area contributed by atoms with Crippen LogP contribution in [-0.4, -0.2) is 28.5 Å². The summed E-state index contributed by atoms with van der Waals surface area (Å²) < 4.78 is 5.85. The van der Waals surface area contributed by atoms with Crippen LogP contribution in [0.15, 0.2) is 48.8 Å². The van der Waals surface area contributed by atoms with Crippen molar-refractivity contribution >= 4 is 16.7 Å². The van der Waals surface area contributed by atoms with E-state index in [4.69, 9.17) is 4.74 Å². The molecule has 144 valence electrons. The summed E-state index contributed by atoms with van der Waals surface area (Å²) in [5.41, 5.74) is 1.93. The van der Waals surface area contributed by atoms with Crippen LogP contribution >= 0.6 is 0 Å². The zero-order chi connectivity index (χ0) is 19.3. The molecule has 0 aliphatic heterocycles. The molecule has 3 aromatic rings. The Kier molecular flexibility index (Phi) is 5.51. The van der Waals surface area contributed by atoms with Crippen molar-refractivity contribution in [1.82, 2.24) is 15.3 Å². The Morgan fingerprint density at radius 3 is 2.64 bits per heavy atom. The Bertz CT molecular complexity index is 963. The molecule has 28 heavy (non-hydrogen) atoms. The lowest BCUT2D eigenvalue weighted by molar-refractivity contribution is -0.124. The van der Waals surface area contributed by atoms with Gasteiger partial charge < -0.3 is 10.1 Å². The Hall–Kier alpha value is -2.95. The highest BCUT2D eigenvalue weighted by Crippen LogP contribution is 2.32. The molecule has 1 saturated carbocycles. The Labute approximate surface area is 165 Å². The monoisotopic (exact) mass is 375 g/mol. The number of hydrogen-bond acceptors (Lipinski definition) is 4. The molecule has 0 atom stereocenters. The van der Waals surface area contributed by atoms with Crippen molar-refractivity contribution in [3.05, 3.63) is 54.6 Å². The number of nitrogens with one attached hydrogen (secondary N) is 1. The molecular formula is C23H25N3O2. The summed E-state index contributed by atoms with van der Waals surface area (Å²) in [7, 11) is 0. The number of ether oxygens (including phenoxy) is 1. The van der Waals surface area contributed by atoms with Crippen molar-refractivity contribution in [2.24, 2.45) is 0 Å². The van der Waals surface area contributed by atoms with E-state index in [1.54, 1.807) is 0 Å². The van der Waals surface area contributed by atoms with Crippen molar-refractivity contribution in [1.29, 1.82) is 0 Å². The Balaban J connectivity index is 1.54. The van der Waals surface area contributed by atoms with Crippen LogP contribution in [0.3, 0.4) is 0 Å². The average Bonchev–Trinajstić information content (AvgIpc) is 2.73. The first-order chi connectivity index (χ1) is 13.7. The minimum Gasteiger partial charge on any atom is -0.484 e. The van der Waals surface area contributed by atoms with E-state index in [-0.39, 0.29) is 12.5 Å². The van der Waals surface area contributed by atoms with Gasteiger partial charge in [0.15, 0.2) is 6.61 Å². The van der Waals surface area contributed by atoms with Gasteiger partial charge in [-0.3, -0.25) is 4.79 Å². The van der Waals surface area contributed by atoms with Gasteiger partial charge in [0.25, 0.3) is 5.91 Å². The van der Waals surface area contributed by atoms with Gasteiger partial charge >= 0.3 is 0 Å². The third kappa shape index (κ3) is 4.30. The molecule has 1 aliphatic carbocycles. The fourth-order valence-electron chi connectivity index (χ4n) is 3.80. The fourth-order valence-corrected chi connectivity index (χ4v) is 3.80. The van der Waals surface area contributed by atoms with Crippen LogP contribution in [0.25, 0.3) is 21.9 Å². The minimum atomic E-state index is -0.0553. The maximum atomic E-state index is 12.3. The lowest BCUT2D eigenvalue weighted by Crippen LogP contribution is -2.38. The quantitative estimate of drug-likeness (QED) is 0.716. The van der Waals surface area contributed by atoms with E-state index >= 15 is 0 Å². The highest BCUT2D eigenvalue weighted by Gasteiger charge is 2.16. The molecule has 5 nitrogen and oxygen atoms in total. The summed E-state index contributed by atoms with van der Waals surface area (Å²) in [6.07, 6.45) is 9.44. The van der Waals surface area contributed by atoms with E-state index in [2.05, 4.69) is 21.4 Å². The van der Waals surface area contributed by atoms with Crippen LogP contribution < -0.4 is 10.1 Å². The topological polar surface area (TPSA) is 64.1 Å². The van der Waals surface area contributed by atoms with E-state index in [1.807, 2.05) is 49.6 Å². The van der Waals surface area contributed by atoms with E-state index in [9.17, 15) is 4.79 Å². The maximum Gasteiger partial charge on any atom is 0.258 e. The number of benzene rings is 2. The van der Waals surface area contributed by atoms with E-state index in [1.165, 1.54) is 19.3 Å². The molecule has 1 heterocycles. The molecule has 0 bridgehead atoms. The Morgan fingerprint density at radius 2 is 1.86 bits per heavy atom. The molecule has 2 aromatic carbocycles. The van der Waals surface area contributed by atoms with Crippen LogP contribution in [0.1, 0.15) is 37.9 Å². The maximum absolute atomic E-state index is 12.3. The third-order valence-electron chi connectivity index (χ3n) is 5.27. The standard InChI is InChI=1S/C23H25N3O2/c1-16-24-13-18(14-25-16)22-12-20(11-17-7-5-6-10-21(17)22)28-15-23(27)26-19-8-3-2-4-9-19/h5-7,10-14,19H,2-4,8-9,15H2,1H3,(H,26,27).